The fourth-order valence-electron chi connectivity index (χ4n) is 3.56. The lowest BCUT2D eigenvalue weighted by Gasteiger charge is -2.18. The molecule has 0 saturated heterocycles. The van der Waals surface area contributed by atoms with E-state index in [-0.39, 0.29) is 17.2 Å². The van der Waals surface area contributed by atoms with E-state index in [0.29, 0.717) is 22.6 Å². The Bertz CT molecular complexity index is 1330. The van der Waals surface area contributed by atoms with Gasteiger partial charge >= 0.3 is 0 Å². The number of hydrogen-bond acceptors (Lipinski definition) is 4. The smallest absolute Gasteiger partial charge is 0.273 e. The van der Waals surface area contributed by atoms with Crippen molar-refractivity contribution < 1.29 is 9.59 Å². The average molecular weight is 388 g/mol. The number of benzene rings is 2. The zero-order valence-corrected chi connectivity index (χ0v) is 16.3. The molecule has 1 N–H and O–H groups in total. The van der Waals surface area contributed by atoms with Crippen molar-refractivity contribution in [2.24, 2.45) is 0 Å². The normalized spacial score (nSPS) is 12.2. The lowest BCUT2D eigenvalue weighted by atomic mass is 10.1. The number of nitrogens with one attached hydrogen (secondary N) is 1. The van der Waals surface area contributed by atoms with Crippen molar-refractivity contribution >= 4 is 33.9 Å². The van der Waals surface area contributed by atoms with Crippen molar-refractivity contribution in [2.45, 2.75) is 26.8 Å². The Balaban J connectivity index is 1.81. The number of anilines is 1. The Labute approximate surface area is 166 Å². The summed E-state index contributed by atoms with van der Waals surface area (Å²) in [5.41, 5.74) is 2.78. The largest absolute Gasteiger partial charge is 0.324 e. The number of aryl methyl sites for hydroxylation is 1. The van der Waals surface area contributed by atoms with Gasteiger partial charge in [-0.3, -0.25) is 19.1 Å². The van der Waals surface area contributed by atoms with E-state index in [4.69, 9.17) is 0 Å². The summed E-state index contributed by atoms with van der Waals surface area (Å²) in [6, 6.07) is 15.2. The minimum Gasteiger partial charge on any atom is -0.324 e. The van der Waals surface area contributed by atoms with Crippen LogP contribution < -0.4 is 10.9 Å². The molecule has 2 heterocycles. The maximum atomic E-state index is 13.0. The summed E-state index contributed by atoms with van der Waals surface area (Å²) in [5, 5.41) is 3.68. The predicted octanol–water partition coefficient (Wildman–Crippen LogP) is 3.36. The first-order valence-electron chi connectivity index (χ1n) is 9.28. The highest BCUT2D eigenvalue weighted by atomic mass is 16.2. The lowest BCUT2D eigenvalue weighted by Crippen LogP contribution is -2.27. The maximum absolute atomic E-state index is 13.0. The molecule has 0 aliphatic rings. The van der Waals surface area contributed by atoms with E-state index in [1.807, 2.05) is 35.9 Å². The Hall–Kier alpha value is -3.74. The third kappa shape index (κ3) is 3.20. The highest BCUT2D eigenvalue weighted by molar-refractivity contribution is 5.99. The third-order valence-corrected chi connectivity index (χ3v) is 4.97. The topological polar surface area (TPSA) is 85.5 Å². The summed E-state index contributed by atoms with van der Waals surface area (Å²) in [7, 11) is 0. The molecule has 1 atom stereocenters. The Morgan fingerprint density at radius 3 is 2.59 bits per heavy atom. The Kier molecular flexibility index (Phi) is 4.50. The number of carbonyl (C=O) groups is 2. The molecule has 0 bridgehead atoms. The molecule has 4 aromatic rings. The fourth-order valence-corrected chi connectivity index (χ4v) is 3.56. The second-order valence-corrected chi connectivity index (χ2v) is 7.04. The van der Waals surface area contributed by atoms with Crippen molar-refractivity contribution in [2.75, 3.05) is 5.32 Å². The zero-order valence-electron chi connectivity index (χ0n) is 16.3. The van der Waals surface area contributed by atoms with Crippen LogP contribution in [0.3, 0.4) is 0 Å². The van der Waals surface area contributed by atoms with E-state index in [1.54, 1.807) is 35.7 Å². The van der Waals surface area contributed by atoms with Gasteiger partial charge in [-0.2, -0.15) is 4.98 Å². The van der Waals surface area contributed by atoms with Gasteiger partial charge in [0.2, 0.25) is 5.91 Å². The molecular formula is C22H20N4O3. The van der Waals surface area contributed by atoms with Gasteiger partial charge in [-0.05, 0) is 45.0 Å². The molecule has 2 aromatic heterocycles. The van der Waals surface area contributed by atoms with Crippen molar-refractivity contribution in [1.82, 2.24) is 14.2 Å². The van der Waals surface area contributed by atoms with Crippen LogP contribution in [0.5, 0.6) is 0 Å². The van der Waals surface area contributed by atoms with Crippen molar-refractivity contribution in [3.8, 4) is 0 Å². The summed E-state index contributed by atoms with van der Waals surface area (Å²) in [5.74, 6) is -0.311. The van der Waals surface area contributed by atoms with E-state index in [1.165, 1.54) is 13.0 Å². The first-order chi connectivity index (χ1) is 13.9. The standard InChI is InChI=1S/C22H20N4O3/c1-13-11-20(28)24-21-18-9-4-5-10-19(18)26(25(13)21)14(2)22(29)23-17-8-6-7-16(12-17)15(3)27/h4-12,14H,1-3H3,(H,23,29)/t14-/m0/s1. The number of ketones is 1. The first-order valence-corrected chi connectivity index (χ1v) is 9.28. The molecule has 29 heavy (non-hydrogen) atoms. The minimum atomic E-state index is -0.596. The SMILES string of the molecule is CC(=O)c1cccc(NC(=O)[C@H](C)n2c3ccccc3c3nc(=O)cc(C)n32)c1. The minimum absolute atomic E-state index is 0.0674. The quantitative estimate of drug-likeness (QED) is 0.543. The molecule has 1 amide bonds. The van der Waals surface area contributed by atoms with E-state index in [0.717, 1.165) is 10.9 Å². The van der Waals surface area contributed by atoms with E-state index in [2.05, 4.69) is 10.3 Å². The van der Waals surface area contributed by atoms with Crippen LogP contribution in [0.1, 0.15) is 35.9 Å². The monoisotopic (exact) mass is 388 g/mol. The molecule has 0 unspecified atom stereocenters. The van der Waals surface area contributed by atoms with Crippen LogP contribution in [-0.4, -0.2) is 25.9 Å². The molecule has 0 saturated carbocycles. The van der Waals surface area contributed by atoms with Gasteiger partial charge in [0.15, 0.2) is 11.4 Å². The molecule has 2 aromatic carbocycles. The van der Waals surface area contributed by atoms with Crippen molar-refractivity contribution in [1.29, 1.82) is 0 Å². The number of para-hydroxylation sites is 1. The van der Waals surface area contributed by atoms with Crippen LogP contribution in [-0.2, 0) is 4.79 Å². The Morgan fingerprint density at radius 2 is 1.83 bits per heavy atom. The van der Waals surface area contributed by atoms with Crippen LogP contribution >= 0.6 is 0 Å². The zero-order chi connectivity index (χ0) is 20.7. The summed E-state index contributed by atoms with van der Waals surface area (Å²) in [6.07, 6.45) is 0. The number of carbonyl (C=O) groups excluding carboxylic acids is 2. The highest BCUT2D eigenvalue weighted by Crippen LogP contribution is 2.25. The van der Waals surface area contributed by atoms with Crippen LogP contribution in [0.4, 0.5) is 5.69 Å². The number of amides is 1. The number of nitrogens with zero attached hydrogens (tertiary/aromatic N) is 3. The second kappa shape index (κ2) is 7.01. The summed E-state index contributed by atoms with van der Waals surface area (Å²) >= 11 is 0. The number of aromatic nitrogens is 3. The van der Waals surface area contributed by atoms with E-state index >= 15 is 0 Å². The van der Waals surface area contributed by atoms with Gasteiger partial charge in [0.1, 0.15) is 6.04 Å². The van der Waals surface area contributed by atoms with Crippen molar-refractivity contribution in [3.63, 3.8) is 0 Å². The van der Waals surface area contributed by atoms with Crippen LogP contribution in [0.15, 0.2) is 59.4 Å². The number of fused-ring (bicyclic) bond motifs is 3. The van der Waals surface area contributed by atoms with Crippen LogP contribution in [0.2, 0.25) is 0 Å². The first kappa shape index (κ1) is 18.6. The number of rotatable bonds is 4. The molecule has 0 radical (unpaired) electrons. The summed E-state index contributed by atoms with van der Waals surface area (Å²) in [4.78, 5) is 40.8. The fraction of sp³-hybridized carbons (Fsp3) is 0.182. The van der Waals surface area contributed by atoms with E-state index < -0.39 is 6.04 Å². The van der Waals surface area contributed by atoms with Gasteiger partial charge < -0.3 is 5.32 Å². The number of Topliss-reactive ketones (excluding diaryl/α,β-unsaturated/α-hetero) is 1. The highest BCUT2D eigenvalue weighted by Gasteiger charge is 2.22. The average Bonchev–Trinajstić information content (AvgIpc) is 3.02. The molecular weight excluding hydrogens is 368 g/mol. The van der Waals surface area contributed by atoms with Crippen LogP contribution in [0.25, 0.3) is 16.6 Å². The molecule has 4 rings (SSSR count). The molecule has 0 aliphatic carbocycles. The van der Waals surface area contributed by atoms with Gasteiger partial charge in [-0.15, -0.1) is 0 Å². The van der Waals surface area contributed by atoms with Gasteiger partial charge in [-0.1, -0.05) is 24.3 Å². The summed E-state index contributed by atoms with van der Waals surface area (Å²) < 4.78 is 3.62. The second-order valence-electron chi connectivity index (χ2n) is 7.04. The lowest BCUT2D eigenvalue weighted by molar-refractivity contribution is -0.119. The van der Waals surface area contributed by atoms with Crippen LogP contribution in [0, 0.1) is 6.92 Å². The summed E-state index contributed by atoms with van der Waals surface area (Å²) in [6.45, 7) is 5.08. The Morgan fingerprint density at radius 1 is 1.07 bits per heavy atom. The molecule has 7 nitrogen and oxygen atoms in total. The molecule has 146 valence electrons. The van der Waals surface area contributed by atoms with E-state index in [9.17, 15) is 14.4 Å². The molecule has 0 fully saturated rings. The van der Waals surface area contributed by atoms with Gasteiger partial charge in [0, 0.05) is 28.4 Å². The predicted molar refractivity (Wildman–Crippen MR) is 111 cm³/mol. The molecule has 7 heteroatoms. The van der Waals surface area contributed by atoms with Gasteiger partial charge in [0.05, 0.1) is 5.52 Å². The van der Waals surface area contributed by atoms with Gasteiger partial charge in [-0.25, -0.2) is 4.52 Å². The van der Waals surface area contributed by atoms with Gasteiger partial charge in [0.25, 0.3) is 5.56 Å². The third-order valence-electron chi connectivity index (χ3n) is 4.97. The molecule has 0 aliphatic heterocycles. The maximum Gasteiger partial charge on any atom is 0.273 e. The molecule has 0 spiro atoms. The number of hydrogen-bond donors (Lipinski definition) is 1. The van der Waals surface area contributed by atoms with Crippen molar-refractivity contribution in [3.05, 3.63) is 76.2 Å².